The second-order valence-electron chi connectivity index (χ2n) is 6.66. The standard InChI is InChI=1S/C20H11F6NO4S2/c21-19(22,23)12-8-11(9-13(10-12)20(24,25)26)6-7-15(16-17(28)27-18(29)32-16)33(30,31)14-4-2-1-3-5-14/h1-5,8-10,15-16H,(H,27,28,29). The number of amides is 2. The molecular formula is C20H11F6NO4S2. The van der Waals surface area contributed by atoms with Gasteiger partial charge in [0.1, 0.15) is 10.5 Å². The fraction of sp³-hybridized carbons (Fsp3) is 0.200. The SMILES string of the molecule is O=C1NC(=O)C(C(C#Cc2cc(C(F)(F)F)cc(C(F)(F)F)c2)S(=O)(=O)c2ccccc2)S1. The highest BCUT2D eigenvalue weighted by molar-refractivity contribution is 8.16. The zero-order valence-corrected chi connectivity index (χ0v) is 17.6. The fourth-order valence-electron chi connectivity index (χ4n) is 2.82. The molecule has 2 aromatic carbocycles. The topological polar surface area (TPSA) is 80.3 Å². The first kappa shape index (κ1) is 24.7. The molecule has 0 spiro atoms. The van der Waals surface area contributed by atoms with E-state index >= 15 is 0 Å². The quantitative estimate of drug-likeness (QED) is 0.496. The van der Waals surface area contributed by atoms with E-state index in [9.17, 15) is 44.3 Å². The van der Waals surface area contributed by atoms with Gasteiger partial charge in [0.05, 0.1) is 16.0 Å². The first-order chi connectivity index (χ1) is 15.2. The molecule has 13 heteroatoms. The van der Waals surface area contributed by atoms with Gasteiger partial charge in [0.15, 0.2) is 9.84 Å². The Balaban J connectivity index is 2.15. The number of halogens is 6. The first-order valence-corrected chi connectivity index (χ1v) is 11.2. The molecule has 1 fully saturated rings. The van der Waals surface area contributed by atoms with Crippen molar-refractivity contribution in [2.45, 2.75) is 27.7 Å². The highest BCUT2D eigenvalue weighted by Crippen LogP contribution is 2.36. The van der Waals surface area contributed by atoms with Crippen molar-refractivity contribution in [1.82, 2.24) is 5.32 Å². The molecular weight excluding hydrogens is 496 g/mol. The van der Waals surface area contributed by atoms with Crippen LogP contribution in [0.1, 0.15) is 16.7 Å². The van der Waals surface area contributed by atoms with Crippen LogP contribution in [0.5, 0.6) is 0 Å². The van der Waals surface area contributed by atoms with Crippen LogP contribution in [0.15, 0.2) is 53.4 Å². The summed E-state index contributed by atoms with van der Waals surface area (Å²) in [5.41, 5.74) is -4.03. The molecule has 2 amide bonds. The zero-order valence-electron chi connectivity index (χ0n) is 16.0. The summed E-state index contributed by atoms with van der Waals surface area (Å²) in [6.07, 6.45) is -10.2. The van der Waals surface area contributed by atoms with Gasteiger partial charge in [0.25, 0.3) is 5.24 Å². The average Bonchev–Trinajstić information content (AvgIpc) is 3.05. The van der Waals surface area contributed by atoms with E-state index in [1.807, 2.05) is 11.2 Å². The Morgan fingerprint density at radius 3 is 1.91 bits per heavy atom. The average molecular weight is 507 g/mol. The predicted octanol–water partition coefficient (Wildman–Crippen LogP) is 4.27. The van der Waals surface area contributed by atoms with Gasteiger partial charge >= 0.3 is 12.4 Å². The van der Waals surface area contributed by atoms with Crippen molar-refractivity contribution in [2.24, 2.45) is 0 Å². The minimum Gasteiger partial charge on any atom is -0.286 e. The van der Waals surface area contributed by atoms with Crippen LogP contribution < -0.4 is 5.32 Å². The Labute approximate surface area is 187 Å². The molecule has 1 N–H and O–H groups in total. The molecule has 1 heterocycles. The second kappa shape index (κ2) is 8.75. The number of rotatable bonds is 3. The van der Waals surface area contributed by atoms with Gasteiger partial charge in [-0.3, -0.25) is 14.9 Å². The molecule has 2 unspecified atom stereocenters. The number of benzene rings is 2. The molecule has 174 valence electrons. The number of hydrogen-bond acceptors (Lipinski definition) is 5. The number of thioether (sulfide) groups is 1. The van der Waals surface area contributed by atoms with Gasteiger partial charge in [-0.05, 0) is 42.1 Å². The molecule has 1 saturated heterocycles. The van der Waals surface area contributed by atoms with Crippen LogP contribution in [0, 0.1) is 11.8 Å². The number of alkyl halides is 6. The van der Waals surface area contributed by atoms with Gasteiger partial charge in [-0.1, -0.05) is 30.0 Å². The summed E-state index contributed by atoms with van der Waals surface area (Å²) >= 11 is 0.312. The van der Waals surface area contributed by atoms with Crippen LogP contribution in [-0.4, -0.2) is 30.1 Å². The minimum atomic E-state index is -5.12. The molecule has 3 rings (SSSR count). The van der Waals surface area contributed by atoms with E-state index in [4.69, 9.17) is 0 Å². The number of imide groups is 1. The van der Waals surface area contributed by atoms with Crippen molar-refractivity contribution in [1.29, 1.82) is 0 Å². The number of hydrogen-bond donors (Lipinski definition) is 1. The van der Waals surface area contributed by atoms with Crippen LogP contribution in [0.3, 0.4) is 0 Å². The summed E-state index contributed by atoms with van der Waals surface area (Å²) in [6, 6.07) is 7.16. The molecule has 0 radical (unpaired) electrons. The van der Waals surface area contributed by atoms with Gasteiger partial charge in [0, 0.05) is 5.56 Å². The van der Waals surface area contributed by atoms with Crippen LogP contribution in [-0.2, 0) is 27.0 Å². The molecule has 0 saturated carbocycles. The Kier molecular flexibility index (Phi) is 6.54. The Bertz CT molecular complexity index is 1230. The Morgan fingerprint density at radius 2 is 1.45 bits per heavy atom. The summed E-state index contributed by atoms with van der Waals surface area (Å²) < 4.78 is 105. The van der Waals surface area contributed by atoms with Gasteiger partial charge in [-0.25, -0.2) is 8.42 Å². The van der Waals surface area contributed by atoms with Crippen molar-refractivity contribution in [3.8, 4) is 11.8 Å². The maximum Gasteiger partial charge on any atom is 0.416 e. The van der Waals surface area contributed by atoms with E-state index in [1.54, 1.807) is 0 Å². The second-order valence-corrected chi connectivity index (χ2v) is 9.84. The molecule has 0 aromatic heterocycles. The summed E-state index contributed by atoms with van der Waals surface area (Å²) in [7, 11) is -4.44. The monoisotopic (exact) mass is 507 g/mol. The van der Waals surface area contributed by atoms with E-state index in [2.05, 4.69) is 5.92 Å². The van der Waals surface area contributed by atoms with Crippen molar-refractivity contribution in [2.75, 3.05) is 0 Å². The lowest BCUT2D eigenvalue weighted by Crippen LogP contribution is -2.37. The van der Waals surface area contributed by atoms with Gasteiger partial charge in [-0.2, -0.15) is 26.3 Å². The lowest BCUT2D eigenvalue weighted by molar-refractivity contribution is -0.143. The van der Waals surface area contributed by atoms with Gasteiger partial charge in [-0.15, -0.1) is 0 Å². The molecule has 1 aliphatic rings. The van der Waals surface area contributed by atoms with E-state index < -0.39 is 60.5 Å². The molecule has 0 bridgehead atoms. The molecule has 2 aromatic rings. The highest BCUT2D eigenvalue weighted by Gasteiger charge is 2.44. The summed E-state index contributed by atoms with van der Waals surface area (Å²) in [5, 5.41) is -2.49. The third kappa shape index (κ3) is 5.51. The lowest BCUT2D eigenvalue weighted by atomic mass is 10.0. The number of nitrogens with one attached hydrogen (secondary N) is 1. The van der Waals surface area contributed by atoms with Crippen LogP contribution in [0.25, 0.3) is 0 Å². The summed E-state index contributed by atoms with van der Waals surface area (Å²) in [4.78, 5) is 23.4. The van der Waals surface area contributed by atoms with Crippen LogP contribution in [0.2, 0.25) is 0 Å². The largest absolute Gasteiger partial charge is 0.416 e. The van der Waals surface area contributed by atoms with Gasteiger partial charge < -0.3 is 0 Å². The van der Waals surface area contributed by atoms with Crippen molar-refractivity contribution in [3.05, 3.63) is 65.2 Å². The maximum atomic E-state index is 13.1. The molecule has 2 atom stereocenters. The normalized spacial score (nSPS) is 17.8. The molecule has 0 aliphatic carbocycles. The molecule has 1 aliphatic heterocycles. The lowest BCUT2D eigenvalue weighted by Gasteiger charge is -2.16. The van der Waals surface area contributed by atoms with Crippen LogP contribution >= 0.6 is 11.8 Å². The summed E-state index contributed by atoms with van der Waals surface area (Å²) in [6.45, 7) is 0. The van der Waals surface area contributed by atoms with Crippen molar-refractivity contribution >= 4 is 32.7 Å². The predicted molar refractivity (Wildman–Crippen MR) is 106 cm³/mol. The van der Waals surface area contributed by atoms with Crippen LogP contribution in [0.4, 0.5) is 31.1 Å². The van der Waals surface area contributed by atoms with E-state index in [1.165, 1.54) is 30.3 Å². The van der Waals surface area contributed by atoms with Gasteiger partial charge in [0.2, 0.25) is 5.91 Å². The summed E-state index contributed by atoms with van der Waals surface area (Å²) in [5.74, 6) is 3.15. The smallest absolute Gasteiger partial charge is 0.286 e. The number of carbonyl (C=O) groups excluding carboxylic acids is 2. The molecule has 33 heavy (non-hydrogen) atoms. The maximum absolute atomic E-state index is 13.1. The Hall–Kier alpha value is -2.98. The highest BCUT2D eigenvalue weighted by atomic mass is 32.2. The number of sulfone groups is 1. The van der Waals surface area contributed by atoms with Crippen molar-refractivity contribution in [3.63, 3.8) is 0 Å². The Morgan fingerprint density at radius 1 is 0.909 bits per heavy atom. The first-order valence-electron chi connectivity index (χ1n) is 8.81. The number of carbonyl (C=O) groups is 2. The van der Waals surface area contributed by atoms with Crippen molar-refractivity contribution < 1.29 is 44.3 Å². The molecule has 5 nitrogen and oxygen atoms in total. The third-order valence-electron chi connectivity index (χ3n) is 4.35. The van der Waals surface area contributed by atoms with E-state index in [0.29, 0.717) is 23.9 Å². The van der Waals surface area contributed by atoms with E-state index in [-0.39, 0.29) is 11.0 Å². The fourth-order valence-corrected chi connectivity index (χ4v) is 5.67. The minimum absolute atomic E-state index is 0.0949. The zero-order chi connectivity index (χ0) is 24.6. The third-order valence-corrected chi connectivity index (χ3v) is 7.56. The van der Waals surface area contributed by atoms with E-state index in [0.717, 1.165) is 0 Å².